The second-order valence-electron chi connectivity index (χ2n) is 5.26. The highest BCUT2D eigenvalue weighted by Gasteiger charge is 2.42. The Hall–Kier alpha value is -1.49. The summed E-state index contributed by atoms with van der Waals surface area (Å²) in [7, 11) is 0. The summed E-state index contributed by atoms with van der Waals surface area (Å²) in [6.45, 7) is 3.73. The number of anilines is 1. The normalized spacial score (nSPS) is 21.6. The van der Waals surface area contributed by atoms with Crippen LogP contribution in [0.5, 0.6) is 0 Å². The number of amides is 1. The molecule has 1 heterocycles. The Morgan fingerprint density at radius 3 is 2.47 bits per heavy atom. The molecule has 0 radical (unpaired) electrons. The summed E-state index contributed by atoms with van der Waals surface area (Å²) in [6.07, 6.45) is -0.442. The van der Waals surface area contributed by atoms with Crippen LogP contribution >= 0.6 is 0 Å². The minimum absolute atomic E-state index is 0.408. The van der Waals surface area contributed by atoms with Gasteiger partial charge in [-0.3, -0.25) is 10.1 Å². The zero-order chi connectivity index (χ0) is 14.0. The topological polar surface area (TPSA) is 41.1 Å². The van der Waals surface area contributed by atoms with Crippen LogP contribution in [0.15, 0.2) is 24.3 Å². The number of hydrogen-bond donors (Lipinski definition) is 2. The highest BCUT2D eigenvalue weighted by atomic mass is 19.3. The third-order valence-corrected chi connectivity index (χ3v) is 3.27. The quantitative estimate of drug-likeness (QED) is 0.885. The van der Waals surface area contributed by atoms with Gasteiger partial charge >= 0.3 is 0 Å². The Morgan fingerprint density at radius 2 is 2.00 bits per heavy atom. The highest BCUT2D eigenvalue weighted by molar-refractivity contribution is 5.95. The molecule has 1 aliphatic heterocycles. The molecule has 1 aromatic carbocycles. The van der Waals surface area contributed by atoms with E-state index in [1.807, 2.05) is 12.1 Å². The molecule has 1 aromatic rings. The van der Waals surface area contributed by atoms with Crippen molar-refractivity contribution in [2.45, 2.75) is 38.2 Å². The molecule has 0 saturated carbocycles. The average Bonchev–Trinajstić information content (AvgIpc) is 2.70. The van der Waals surface area contributed by atoms with Crippen LogP contribution in [-0.2, 0) is 4.79 Å². The molecule has 19 heavy (non-hydrogen) atoms. The van der Waals surface area contributed by atoms with Gasteiger partial charge in [0.1, 0.15) is 0 Å². The molecule has 3 nitrogen and oxygen atoms in total. The van der Waals surface area contributed by atoms with E-state index in [2.05, 4.69) is 24.5 Å². The molecular weight excluding hydrogens is 250 g/mol. The fraction of sp³-hybridized carbons (Fsp3) is 0.500. The smallest absolute Gasteiger partial charge is 0.262 e. The Kier molecular flexibility index (Phi) is 3.85. The summed E-state index contributed by atoms with van der Waals surface area (Å²) in [5, 5.41) is 5.19. The number of carbonyl (C=O) groups excluding carboxylic acids is 1. The van der Waals surface area contributed by atoms with Crippen LogP contribution in [0.3, 0.4) is 0 Å². The molecule has 0 bridgehead atoms. The monoisotopic (exact) mass is 268 g/mol. The number of nitrogens with one attached hydrogen (secondary N) is 2. The average molecular weight is 268 g/mol. The Balaban J connectivity index is 1.96. The molecule has 0 aromatic heterocycles. The van der Waals surface area contributed by atoms with Crippen LogP contribution in [0, 0.1) is 0 Å². The maximum atomic E-state index is 13.0. The first-order chi connectivity index (χ1) is 8.87. The lowest BCUT2D eigenvalue weighted by atomic mass is 10.0. The van der Waals surface area contributed by atoms with Crippen molar-refractivity contribution in [3.05, 3.63) is 29.8 Å². The van der Waals surface area contributed by atoms with E-state index in [-0.39, 0.29) is 0 Å². The van der Waals surface area contributed by atoms with Gasteiger partial charge in [0.05, 0.1) is 12.6 Å². The highest BCUT2D eigenvalue weighted by Crippen LogP contribution is 2.26. The van der Waals surface area contributed by atoms with E-state index < -0.39 is 30.8 Å². The standard InChI is InChI=1S/C14H18F2N2O/c1-9(2)10-3-5-11(6-4-10)18-13(19)12-7-14(15,16)8-17-12/h3-6,9,12,17H,7-8H2,1-2H3,(H,18,19). The van der Waals surface area contributed by atoms with Crippen molar-refractivity contribution < 1.29 is 13.6 Å². The van der Waals surface area contributed by atoms with Crippen LogP contribution in [0.1, 0.15) is 31.7 Å². The van der Waals surface area contributed by atoms with Crippen molar-refractivity contribution in [3.8, 4) is 0 Å². The van der Waals surface area contributed by atoms with E-state index in [4.69, 9.17) is 0 Å². The van der Waals surface area contributed by atoms with E-state index >= 15 is 0 Å². The van der Waals surface area contributed by atoms with E-state index in [0.717, 1.165) is 0 Å². The van der Waals surface area contributed by atoms with E-state index in [9.17, 15) is 13.6 Å². The summed E-state index contributed by atoms with van der Waals surface area (Å²) in [6, 6.07) is 6.62. The number of alkyl halides is 2. The SMILES string of the molecule is CC(C)c1ccc(NC(=O)C2CC(F)(F)CN2)cc1. The van der Waals surface area contributed by atoms with Crippen LogP contribution in [0.25, 0.3) is 0 Å². The molecule has 2 N–H and O–H groups in total. The Bertz CT molecular complexity index is 457. The fourth-order valence-electron chi connectivity index (χ4n) is 2.08. The van der Waals surface area contributed by atoms with Crippen molar-refractivity contribution in [2.75, 3.05) is 11.9 Å². The molecule has 104 valence electrons. The van der Waals surface area contributed by atoms with Gasteiger partial charge in [-0.15, -0.1) is 0 Å². The predicted octanol–water partition coefficient (Wildman–Crippen LogP) is 2.75. The van der Waals surface area contributed by atoms with Gasteiger partial charge in [-0.2, -0.15) is 0 Å². The zero-order valence-corrected chi connectivity index (χ0v) is 11.0. The van der Waals surface area contributed by atoms with E-state index in [1.165, 1.54) is 5.56 Å². The van der Waals surface area contributed by atoms with Gasteiger partial charge in [0, 0.05) is 12.1 Å². The van der Waals surface area contributed by atoms with Gasteiger partial charge in [0.15, 0.2) is 0 Å². The summed E-state index contributed by atoms with van der Waals surface area (Å²) in [5.74, 6) is -2.78. The molecule has 1 amide bonds. The number of hydrogen-bond acceptors (Lipinski definition) is 2. The summed E-state index contributed by atoms with van der Waals surface area (Å²) >= 11 is 0. The molecule has 5 heteroatoms. The Labute approximate surface area is 111 Å². The Morgan fingerprint density at radius 1 is 1.37 bits per heavy atom. The number of benzene rings is 1. The van der Waals surface area contributed by atoms with Crippen molar-refractivity contribution in [1.82, 2.24) is 5.32 Å². The maximum absolute atomic E-state index is 13.0. The third kappa shape index (κ3) is 3.50. The number of halogens is 2. The lowest BCUT2D eigenvalue weighted by Crippen LogP contribution is -2.35. The lowest BCUT2D eigenvalue weighted by molar-refractivity contribution is -0.118. The molecular formula is C14H18F2N2O. The second kappa shape index (κ2) is 5.25. The maximum Gasteiger partial charge on any atom is 0.262 e. The summed E-state index contributed by atoms with van der Waals surface area (Å²) in [5.41, 5.74) is 1.80. The fourth-order valence-corrected chi connectivity index (χ4v) is 2.08. The second-order valence-corrected chi connectivity index (χ2v) is 5.26. The van der Waals surface area contributed by atoms with Gasteiger partial charge in [-0.1, -0.05) is 26.0 Å². The zero-order valence-electron chi connectivity index (χ0n) is 11.0. The van der Waals surface area contributed by atoms with Crippen LogP contribution in [0.4, 0.5) is 14.5 Å². The molecule has 1 atom stereocenters. The van der Waals surface area contributed by atoms with E-state index in [0.29, 0.717) is 11.6 Å². The summed E-state index contributed by atoms with van der Waals surface area (Å²) in [4.78, 5) is 11.8. The van der Waals surface area contributed by atoms with Gasteiger partial charge in [0.25, 0.3) is 5.92 Å². The predicted molar refractivity (Wildman–Crippen MR) is 70.5 cm³/mol. The first kappa shape index (κ1) is 13.9. The molecule has 1 fully saturated rings. The van der Waals surface area contributed by atoms with Crippen LogP contribution in [-0.4, -0.2) is 24.4 Å². The molecule has 2 rings (SSSR count). The summed E-state index contributed by atoms with van der Waals surface area (Å²) < 4.78 is 26.0. The van der Waals surface area contributed by atoms with Crippen LogP contribution < -0.4 is 10.6 Å². The number of rotatable bonds is 3. The minimum Gasteiger partial charge on any atom is -0.325 e. The van der Waals surface area contributed by atoms with Crippen molar-refractivity contribution in [1.29, 1.82) is 0 Å². The van der Waals surface area contributed by atoms with E-state index in [1.54, 1.807) is 12.1 Å². The first-order valence-electron chi connectivity index (χ1n) is 6.39. The molecule has 1 saturated heterocycles. The lowest BCUT2D eigenvalue weighted by Gasteiger charge is -2.12. The van der Waals surface area contributed by atoms with Gasteiger partial charge < -0.3 is 5.32 Å². The minimum atomic E-state index is -2.79. The first-order valence-corrected chi connectivity index (χ1v) is 6.39. The van der Waals surface area contributed by atoms with Crippen LogP contribution in [0.2, 0.25) is 0 Å². The van der Waals surface area contributed by atoms with Crippen molar-refractivity contribution in [2.24, 2.45) is 0 Å². The largest absolute Gasteiger partial charge is 0.325 e. The molecule has 0 spiro atoms. The molecule has 1 unspecified atom stereocenters. The molecule has 1 aliphatic rings. The van der Waals surface area contributed by atoms with Gasteiger partial charge in [-0.05, 0) is 23.6 Å². The third-order valence-electron chi connectivity index (χ3n) is 3.27. The molecule has 0 aliphatic carbocycles. The van der Waals surface area contributed by atoms with Crippen molar-refractivity contribution >= 4 is 11.6 Å². The number of carbonyl (C=O) groups is 1. The van der Waals surface area contributed by atoms with Gasteiger partial charge in [0.2, 0.25) is 5.91 Å². The van der Waals surface area contributed by atoms with Crippen molar-refractivity contribution in [3.63, 3.8) is 0 Å². The van der Waals surface area contributed by atoms with Gasteiger partial charge in [-0.25, -0.2) is 8.78 Å².